The van der Waals surface area contributed by atoms with Gasteiger partial charge in [-0.05, 0) is 25.8 Å². The lowest BCUT2D eigenvalue weighted by molar-refractivity contribution is -0.133. The van der Waals surface area contributed by atoms with Crippen molar-refractivity contribution in [1.29, 1.82) is 0 Å². The highest BCUT2D eigenvalue weighted by Crippen LogP contribution is 2.19. The number of β-amino-alcohol motifs (C(OH)–C–C–N with tert-alkyl or cyclic N) is 1. The zero-order chi connectivity index (χ0) is 12.7. The number of amides is 1. The Bertz CT molecular complexity index is 236. The largest absolute Gasteiger partial charge is 0.391 e. The number of carbonyl (C=O) groups is 1. The molecule has 0 aromatic carbocycles. The second-order valence-corrected chi connectivity index (χ2v) is 4.64. The number of carbonyl (C=O) groups excluding carboxylic acids is 1. The van der Waals surface area contributed by atoms with E-state index < -0.39 is 6.10 Å². The number of ether oxygens (including phenoxy) is 1. The second kappa shape index (κ2) is 7.63. The number of aliphatic hydroxyl groups is 1. The maximum atomic E-state index is 12.0. The number of rotatable bonds is 7. The standard InChI is InChI=1S/C12H24N2O3/c1-17-9-10-7-11(15)8-14(10)12(16)5-3-2-4-6-13/h10-11,15H,2-9,13H2,1H3/t10?,11-/m1/s1. The van der Waals surface area contributed by atoms with Crippen LogP contribution in [0.1, 0.15) is 32.1 Å². The fourth-order valence-electron chi connectivity index (χ4n) is 2.29. The van der Waals surface area contributed by atoms with Crippen molar-refractivity contribution in [3.8, 4) is 0 Å². The summed E-state index contributed by atoms with van der Waals surface area (Å²) in [5.41, 5.74) is 5.40. The van der Waals surface area contributed by atoms with E-state index in [4.69, 9.17) is 10.5 Å². The summed E-state index contributed by atoms with van der Waals surface area (Å²) in [6, 6.07) is 0.0389. The van der Waals surface area contributed by atoms with Crippen LogP contribution < -0.4 is 5.73 Å². The van der Waals surface area contributed by atoms with Gasteiger partial charge in [-0.25, -0.2) is 0 Å². The summed E-state index contributed by atoms with van der Waals surface area (Å²) in [4.78, 5) is 13.7. The fraction of sp³-hybridized carbons (Fsp3) is 0.917. The van der Waals surface area contributed by atoms with E-state index in [0.29, 0.717) is 32.5 Å². The van der Waals surface area contributed by atoms with Gasteiger partial charge < -0.3 is 20.5 Å². The van der Waals surface area contributed by atoms with Gasteiger partial charge in [0.2, 0.25) is 5.91 Å². The van der Waals surface area contributed by atoms with Gasteiger partial charge in [-0.3, -0.25) is 4.79 Å². The van der Waals surface area contributed by atoms with Crippen molar-refractivity contribution in [3.05, 3.63) is 0 Å². The maximum absolute atomic E-state index is 12.0. The van der Waals surface area contributed by atoms with E-state index in [0.717, 1.165) is 19.3 Å². The summed E-state index contributed by atoms with van der Waals surface area (Å²) in [5.74, 6) is 0.126. The van der Waals surface area contributed by atoms with Crippen molar-refractivity contribution in [3.63, 3.8) is 0 Å². The fourth-order valence-corrected chi connectivity index (χ4v) is 2.29. The number of likely N-dealkylation sites (tertiary alicyclic amines) is 1. The lowest BCUT2D eigenvalue weighted by atomic mass is 10.1. The third-order valence-corrected chi connectivity index (χ3v) is 3.17. The molecule has 1 heterocycles. The Kier molecular flexibility index (Phi) is 6.47. The molecule has 5 nitrogen and oxygen atoms in total. The zero-order valence-electron chi connectivity index (χ0n) is 10.6. The van der Waals surface area contributed by atoms with Crippen molar-refractivity contribution in [2.45, 2.75) is 44.2 Å². The Morgan fingerprint density at radius 3 is 2.88 bits per heavy atom. The summed E-state index contributed by atoms with van der Waals surface area (Å²) in [6.07, 6.45) is 3.62. The quantitative estimate of drug-likeness (QED) is 0.623. The molecule has 3 N–H and O–H groups in total. The average Bonchev–Trinajstić information content (AvgIpc) is 2.66. The Balaban J connectivity index is 2.33. The molecule has 17 heavy (non-hydrogen) atoms. The minimum Gasteiger partial charge on any atom is -0.391 e. The van der Waals surface area contributed by atoms with E-state index in [1.165, 1.54) is 0 Å². The number of aliphatic hydroxyl groups excluding tert-OH is 1. The van der Waals surface area contributed by atoms with Crippen LogP contribution in [-0.2, 0) is 9.53 Å². The van der Waals surface area contributed by atoms with Crippen LogP contribution in [0.25, 0.3) is 0 Å². The summed E-state index contributed by atoms with van der Waals surface area (Å²) in [5, 5.41) is 9.59. The predicted octanol–water partition coefficient (Wildman–Crippen LogP) is 0.114. The highest BCUT2D eigenvalue weighted by atomic mass is 16.5. The van der Waals surface area contributed by atoms with Crippen molar-refractivity contribution in [2.24, 2.45) is 5.73 Å². The molecular formula is C12H24N2O3. The lowest BCUT2D eigenvalue weighted by Crippen LogP contribution is -2.38. The highest BCUT2D eigenvalue weighted by Gasteiger charge is 2.33. The van der Waals surface area contributed by atoms with Crippen LogP contribution >= 0.6 is 0 Å². The van der Waals surface area contributed by atoms with Gasteiger partial charge in [-0.2, -0.15) is 0 Å². The Morgan fingerprint density at radius 1 is 1.47 bits per heavy atom. The van der Waals surface area contributed by atoms with Gasteiger partial charge in [0.1, 0.15) is 0 Å². The molecule has 2 atom stereocenters. The Labute approximate surface area is 103 Å². The number of nitrogens with zero attached hydrogens (tertiary/aromatic N) is 1. The van der Waals surface area contributed by atoms with E-state index in [2.05, 4.69) is 0 Å². The van der Waals surface area contributed by atoms with Crippen molar-refractivity contribution < 1.29 is 14.6 Å². The summed E-state index contributed by atoms with van der Waals surface area (Å²) in [7, 11) is 1.62. The van der Waals surface area contributed by atoms with E-state index >= 15 is 0 Å². The smallest absolute Gasteiger partial charge is 0.222 e. The molecule has 1 fully saturated rings. The second-order valence-electron chi connectivity index (χ2n) is 4.64. The van der Waals surface area contributed by atoms with Crippen LogP contribution in [0.2, 0.25) is 0 Å². The normalized spacial score (nSPS) is 24.3. The van der Waals surface area contributed by atoms with Gasteiger partial charge in [-0.1, -0.05) is 6.42 Å². The summed E-state index contributed by atoms with van der Waals surface area (Å²) >= 11 is 0. The van der Waals surface area contributed by atoms with Crippen molar-refractivity contribution in [2.75, 3.05) is 26.8 Å². The molecule has 1 aliphatic rings. The third-order valence-electron chi connectivity index (χ3n) is 3.17. The van der Waals surface area contributed by atoms with Gasteiger partial charge in [0.15, 0.2) is 0 Å². The van der Waals surface area contributed by atoms with Gasteiger partial charge in [-0.15, -0.1) is 0 Å². The average molecular weight is 244 g/mol. The van der Waals surface area contributed by atoms with Crippen LogP contribution in [-0.4, -0.2) is 54.9 Å². The summed E-state index contributed by atoms with van der Waals surface area (Å²) in [6.45, 7) is 1.64. The molecule has 1 rings (SSSR count). The predicted molar refractivity (Wildman–Crippen MR) is 65.5 cm³/mol. The minimum absolute atomic E-state index is 0.0389. The van der Waals surface area contributed by atoms with Crippen LogP contribution in [0.5, 0.6) is 0 Å². The van der Waals surface area contributed by atoms with E-state index in [-0.39, 0.29) is 11.9 Å². The molecular weight excluding hydrogens is 220 g/mol. The first kappa shape index (κ1) is 14.4. The first-order valence-corrected chi connectivity index (χ1v) is 6.35. The molecule has 0 radical (unpaired) electrons. The van der Waals surface area contributed by atoms with Crippen LogP contribution in [0.4, 0.5) is 0 Å². The highest BCUT2D eigenvalue weighted by molar-refractivity contribution is 5.76. The number of unbranched alkanes of at least 4 members (excludes halogenated alkanes) is 2. The molecule has 1 unspecified atom stereocenters. The van der Waals surface area contributed by atoms with Gasteiger partial charge >= 0.3 is 0 Å². The Morgan fingerprint density at radius 2 is 2.24 bits per heavy atom. The van der Waals surface area contributed by atoms with Gasteiger partial charge in [0.05, 0.1) is 18.8 Å². The van der Waals surface area contributed by atoms with Crippen molar-refractivity contribution >= 4 is 5.91 Å². The lowest BCUT2D eigenvalue weighted by Gasteiger charge is -2.23. The van der Waals surface area contributed by atoms with Gasteiger partial charge in [0.25, 0.3) is 0 Å². The number of nitrogens with two attached hydrogens (primary N) is 1. The first-order chi connectivity index (χ1) is 8.19. The number of hydrogen-bond donors (Lipinski definition) is 2. The molecule has 1 amide bonds. The zero-order valence-corrected chi connectivity index (χ0v) is 10.6. The molecule has 0 spiro atoms. The molecule has 5 heteroatoms. The molecule has 1 saturated heterocycles. The molecule has 0 aromatic heterocycles. The summed E-state index contributed by atoms with van der Waals surface area (Å²) < 4.78 is 5.08. The van der Waals surface area contributed by atoms with Crippen LogP contribution in [0.3, 0.4) is 0 Å². The van der Waals surface area contributed by atoms with Crippen LogP contribution in [0.15, 0.2) is 0 Å². The SMILES string of the molecule is COCC1C[C@@H](O)CN1C(=O)CCCCCN. The monoisotopic (exact) mass is 244 g/mol. The molecule has 0 aromatic rings. The minimum atomic E-state index is -0.400. The molecule has 100 valence electrons. The molecule has 0 bridgehead atoms. The Hall–Kier alpha value is -0.650. The molecule has 0 saturated carbocycles. The molecule has 1 aliphatic heterocycles. The van der Waals surface area contributed by atoms with E-state index in [1.807, 2.05) is 0 Å². The van der Waals surface area contributed by atoms with E-state index in [9.17, 15) is 9.90 Å². The van der Waals surface area contributed by atoms with Gasteiger partial charge in [0, 0.05) is 20.1 Å². The first-order valence-electron chi connectivity index (χ1n) is 6.35. The van der Waals surface area contributed by atoms with Crippen LogP contribution in [0, 0.1) is 0 Å². The van der Waals surface area contributed by atoms with E-state index in [1.54, 1.807) is 12.0 Å². The molecule has 0 aliphatic carbocycles. The topological polar surface area (TPSA) is 75.8 Å². The third kappa shape index (κ3) is 4.61. The number of hydrogen-bond acceptors (Lipinski definition) is 4. The number of methoxy groups -OCH3 is 1. The maximum Gasteiger partial charge on any atom is 0.222 e. The van der Waals surface area contributed by atoms with Crippen molar-refractivity contribution in [1.82, 2.24) is 4.90 Å².